The Balaban J connectivity index is 0.00000380. The molecule has 188 valence electrons. The van der Waals surface area contributed by atoms with Gasteiger partial charge >= 0.3 is 29.6 Å². The van der Waals surface area contributed by atoms with Crippen molar-refractivity contribution in [2.24, 2.45) is 0 Å². The molecule has 4 rings (SSSR count). The van der Waals surface area contributed by atoms with Crippen LogP contribution >= 0.6 is 23.2 Å². The van der Waals surface area contributed by atoms with E-state index in [1.165, 1.54) is 6.07 Å². The monoisotopic (exact) mass is 551 g/mol. The Morgan fingerprint density at radius 2 is 1.84 bits per heavy atom. The van der Waals surface area contributed by atoms with Crippen LogP contribution in [-0.2, 0) is 11.2 Å². The molecular weight excluding hydrogens is 528 g/mol. The van der Waals surface area contributed by atoms with Gasteiger partial charge in [0.1, 0.15) is 23.0 Å². The van der Waals surface area contributed by atoms with E-state index in [0.29, 0.717) is 65.1 Å². The summed E-state index contributed by atoms with van der Waals surface area (Å²) in [6.45, 7) is 3.12. The molecule has 1 N–H and O–H groups in total. The van der Waals surface area contributed by atoms with Crippen molar-refractivity contribution >= 4 is 35.1 Å². The Hall–Kier alpha value is -2.42. The molecule has 0 bridgehead atoms. The van der Waals surface area contributed by atoms with Gasteiger partial charge in [0.05, 0.1) is 18.2 Å². The number of hydrogen-bond acceptors (Lipinski definition) is 6. The van der Waals surface area contributed by atoms with Gasteiger partial charge in [-0.1, -0.05) is 29.3 Å². The zero-order chi connectivity index (χ0) is 25.7. The van der Waals surface area contributed by atoms with Crippen LogP contribution in [0.5, 0.6) is 23.0 Å². The molecule has 1 unspecified atom stereocenters. The summed E-state index contributed by atoms with van der Waals surface area (Å²) < 4.78 is 17.1. The second kappa shape index (κ2) is 13.4. The van der Waals surface area contributed by atoms with Crippen molar-refractivity contribution in [3.63, 3.8) is 0 Å². The van der Waals surface area contributed by atoms with Crippen molar-refractivity contribution in [1.29, 1.82) is 0 Å². The van der Waals surface area contributed by atoms with Gasteiger partial charge in [0.25, 0.3) is 5.91 Å². The van der Waals surface area contributed by atoms with Crippen molar-refractivity contribution in [2.75, 3.05) is 19.8 Å². The van der Waals surface area contributed by atoms with Gasteiger partial charge in [-0.15, -0.1) is 0 Å². The SMILES string of the molecule is CCOc1cc(Cl)ccc1CCNC(=O)c1ccc(Oc2cc3c(cc2Cl)C(C(=O)[O-])CCO3)cc1.[Na+]. The minimum Gasteiger partial charge on any atom is -0.549 e. The van der Waals surface area contributed by atoms with Crippen LogP contribution in [-0.4, -0.2) is 31.6 Å². The van der Waals surface area contributed by atoms with Crippen molar-refractivity contribution in [2.45, 2.75) is 25.7 Å². The molecule has 0 saturated heterocycles. The quantitative estimate of drug-likeness (QED) is 0.407. The van der Waals surface area contributed by atoms with Gasteiger partial charge in [0, 0.05) is 40.6 Å². The number of fused-ring (bicyclic) bond motifs is 1. The van der Waals surface area contributed by atoms with Gasteiger partial charge < -0.3 is 29.4 Å². The first-order chi connectivity index (χ1) is 17.4. The molecule has 10 heteroatoms. The first-order valence-corrected chi connectivity index (χ1v) is 12.3. The zero-order valence-corrected chi connectivity index (χ0v) is 24.0. The van der Waals surface area contributed by atoms with Gasteiger partial charge in [-0.05, 0) is 67.8 Å². The molecule has 3 aromatic carbocycles. The summed E-state index contributed by atoms with van der Waals surface area (Å²) in [5.41, 5.74) is 1.90. The van der Waals surface area contributed by atoms with Crippen LogP contribution in [0.15, 0.2) is 54.6 Å². The Morgan fingerprint density at radius 3 is 2.54 bits per heavy atom. The molecule has 0 spiro atoms. The fourth-order valence-corrected chi connectivity index (χ4v) is 4.32. The van der Waals surface area contributed by atoms with Crippen molar-refractivity contribution < 1.29 is 58.5 Å². The topological polar surface area (TPSA) is 96.9 Å². The van der Waals surface area contributed by atoms with Gasteiger partial charge in [-0.3, -0.25) is 4.79 Å². The predicted molar refractivity (Wildman–Crippen MR) is 134 cm³/mol. The van der Waals surface area contributed by atoms with Crippen molar-refractivity contribution in [3.05, 3.63) is 81.3 Å². The molecule has 37 heavy (non-hydrogen) atoms. The number of carbonyl (C=O) groups excluding carboxylic acids is 2. The van der Waals surface area contributed by atoms with Crippen LogP contribution in [0.4, 0.5) is 0 Å². The number of hydrogen-bond donors (Lipinski definition) is 1. The van der Waals surface area contributed by atoms with Gasteiger partial charge in [-0.2, -0.15) is 0 Å². The molecule has 0 fully saturated rings. The van der Waals surface area contributed by atoms with E-state index in [-0.39, 0.29) is 47.1 Å². The third kappa shape index (κ3) is 7.33. The molecule has 3 aromatic rings. The van der Waals surface area contributed by atoms with Crippen LogP contribution in [0.3, 0.4) is 0 Å². The van der Waals surface area contributed by atoms with Crippen LogP contribution < -0.4 is 54.2 Å². The summed E-state index contributed by atoms with van der Waals surface area (Å²) in [5, 5.41) is 15.1. The van der Waals surface area contributed by atoms with Crippen molar-refractivity contribution in [3.8, 4) is 23.0 Å². The number of benzene rings is 3. The molecule has 0 radical (unpaired) electrons. The Kier molecular flexibility index (Phi) is 10.6. The summed E-state index contributed by atoms with van der Waals surface area (Å²) in [6.07, 6.45) is 0.917. The third-order valence-electron chi connectivity index (χ3n) is 5.74. The van der Waals surface area contributed by atoms with Crippen LogP contribution in [0.2, 0.25) is 10.0 Å². The zero-order valence-electron chi connectivity index (χ0n) is 20.5. The molecule has 0 saturated carbocycles. The standard InChI is InChI=1S/C27H25Cl2NO6.Na/c1-2-34-23-13-18(28)6-3-16(23)9-11-30-26(31)17-4-7-19(8-5-17)36-25-15-24-21(14-22(25)29)20(27(32)33)10-12-35-24;/h3-8,13-15,20H,2,9-12H2,1H3,(H,30,31)(H,32,33);/q;+1/p-1. The third-order valence-corrected chi connectivity index (χ3v) is 6.27. The first-order valence-electron chi connectivity index (χ1n) is 11.5. The number of aliphatic carboxylic acids is 1. The van der Waals surface area contributed by atoms with Gasteiger partial charge in [-0.25, -0.2) is 0 Å². The van der Waals surface area contributed by atoms with Gasteiger partial charge in [0.15, 0.2) is 0 Å². The Bertz CT molecular complexity index is 1270. The fourth-order valence-electron chi connectivity index (χ4n) is 3.95. The van der Waals surface area contributed by atoms with E-state index in [0.717, 1.165) is 5.56 Å². The van der Waals surface area contributed by atoms with E-state index >= 15 is 0 Å². The minimum atomic E-state index is -1.17. The predicted octanol–water partition coefficient (Wildman–Crippen LogP) is 1.78. The molecule has 1 amide bonds. The number of rotatable bonds is 9. The van der Waals surface area contributed by atoms with E-state index < -0.39 is 11.9 Å². The maximum absolute atomic E-state index is 12.6. The van der Waals surface area contributed by atoms with Crippen LogP contribution in [0.1, 0.15) is 40.7 Å². The number of ether oxygens (including phenoxy) is 3. The number of halogens is 2. The maximum Gasteiger partial charge on any atom is 1.00 e. The normalized spacial score (nSPS) is 14.0. The molecule has 7 nitrogen and oxygen atoms in total. The molecule has 1 heterocycles. The van der Waals surface area contributed by atoms with Crippen LogP contribution in [0, 0.1) is 0 Å². The Morgan fingerprint density at radius 1 is 1.08 bits per heavy atom. The summed E-state index contributed by atoms with van der Waals surface area (Å²) in [7, 11) is 0. The molecule has 0 aliphatic carbocycles. The number of carboxylic acids is 1. The maximum atomic E-state index is 12.6. The largest absolute Gasteiger partial charge is 1.00 e. The van der Waals surface area contributed by atoms with E-state index in [9.17, 15) is 14.7 Å². The van der Waals surface area contributed by atoms with Crippen molar-refractivity contribution in [1.82, 2.24) is 5.32 Å². The number of carbonyl (C=O) groups is 2. The second-order valence-electron chi connectivity index (χ2n) is 8.15. The van der Waals surface area contributed by atoms with E-state index in [1.807, 2.05) is 13.0 Å². The molecule has 1 aliphatic heterocycles. The smallest absolute Gasteiger partial charge is 0.549 e. The summed E-state index contributed by atoms with van der Waals surface area (Å²) in [6, 6.07) is 15.2. The first kappa shape index (κ1) is 29.1. The van der Waals surface area contributed by atoms with E-state index in [2.05, 4.69) is 5.32 Å². The Labute approximate surface area is 247 Å². The number of carboxylic acid groups (broad SMARTS) is 1. The number of amides is 1. The summed E-state index contributed by atoms with van der Waals surface area (Å²) >= 11 is 12.4. The van der Waals surface area contributed by atoms with Gasteiger partial charge in [0.2, 0.25) is 0 Å². The van der Waals surface area contributed by atoms with Crippen LogP contribution in [0.25, 0.3) is 0 Å². The molecule has 0 aromatic heterocycles. The van der Waals surface area contributed by atoms with E-state index in [1.54, 1.807) is 42.5 Å². The summed E-state index contributed by atoms with van der Waals surface area (Å²) in [5.74, 6) is -0.268. The molecular formula is C27H24Cl2NNaO6. The molecule has 1 aliphatic rings. The van der Waals surface area contributed by atoms with E-state index in [4.69, 9.17) is 37.4 Å². The summed E-state index contributed by atoms with van der Waals surface area (Å²) in [4.78, 5) is 24.0. The average molecular weight is 552 g/mol. The average Bonchev–Trinajstić information content (AvgIpc) is 2.86. The second-order valence-corrected chi connectivity index (χ2v) is 8.99. The minimum absolute atomic E-state index is 0. The fraction of sp³-hybridized carbons (Fsp3) is 0.259. The molecule has 1 atom stereocenters. The number of nitrogens with one attached hydrogen (secondary N) is 1.